The van der Waals surface area contributed by atoms with Gasteiger partial charge in [-0.25, -0.2) is 14.4 Å². The van der Waals surface area contributed by atoms with E-state index in [0.717, 1.165) is 11.1 Å². The van der Waals surface area contributed by atoms with Crippen molar-refractivity contribution in [3.8, 4) is 0 Å². The SMILES string of the molecule is Cc1ccc2c(Nc3ccc(F)c(C)c3)c(C(=O)N3CCOCC3)cnc2n1.Cl. The van der Waals surface area contributed by atoms with E-state index in [1.807, 2.05) is 19.1 Å². The Morgan fingerprint density at radius 1 is 1.17 bits per heavy atom. The van der Waals surface area contributed by atoms with E-state index in [0.29, 0.717) is 54.5 Å². The van der Waals surface area contributed by atoms with E-state index in [2.05, 4.69) is 15.3 Å². The summed E-state index contributed by atoms with van der Waals surface area (Å²) in [7, 11) is 0. The third-order valence-electron chi connectivity index (χ3n) is 4.82. The molecule has 1 fully saturated rings. The molecule has 152 valence electrons. The number of rotatable bonds is 3. The smallest absolute Gasteiger partial charge is 0.257 e. The van der Waals surface area contributed by atoms with E-state index in [1.165, 1.54) is 6.07 Å². The Balaban J connectivity index is 0.00000240. The molecule has 3 heterocycles. The summed E-state index contributed by atoms with van der Waals surface area (Å²) >= 11 is 0. The van der Waals surface area contributed by atoms with Crippen LogP contribution in [-0.4, -0.2) is 47.1 Å². The molecule has 8 heteroatoms. The number of halogens is 2. The summed E-state index contributed by atoms with van der Waals surface area (Å²) in [5.74, 6) is -0.383. The predicted octanol–water partition coefficient (Wildman–Crippen LogP) is 4.02. The molecule has 0 aliphatic carbocycles. The van der Waals surface area contributed by atoms with Crippen molar-refractivity contribution in [1.29, 1.82) is 0 Å². The number of aryl methyl sites for hydroxylation is 2. The van der Waals surface area contributed by atoms with Crippen molar-refractivity contribution in [2.24, 2.45) is 0 Å². The zero-order valence-electron chi connectivity index (χ0n) is 16.2. The second-order valence-corrected chi connectivity index (χ2v) is 6.86. The number of benzene rings is 1. The maximum Gasteiger partial charge on any atom is 0.257 e. The number of pyridine rings is 2. The third-order valence-corrected chi connectivity index (χ3v) is 4.82. The summed E-state index contributed by atoms with van der Waals surface area (Å²) in [4.78, 5) is 23.8. The monoisotopic (exact) mass is 416 g/mol. The lowest BCUT2D eigenvalue weighted by molar-refractivity contribution is 0.0303. The van der Waals surface area contributed by atoms with Crippen LogP contribution >= 0.6 is 12.4 Å². The van der Waals surface area contributed by atoms with Gasteiger partial charge in [0, 0.05) is 36.1 Å². The van der Waals surface area contributed by atoms with Gasteiger partial charge in [0.15, 0.2) is 5.65 Å². The van der Waals surface area contributed by atoms with Gasteiger partial charge in [-0.05, 0) is 49.7 Å². The number of amides is 1. The van der Waals surface area contributed by atoms with Gasteiger partial charge in [0.2, 0.25) is 0 Å². The Kier molecular flexibility index (Phi) is 6.30. The molecule has 0 spiro atoms. The quantitative estimate of drug-likeness (QED) is 0.698. The molecule has 2 aromatic heterocycles. The Morgan fingerprint density at radius 2 is 1.93 bits per heavy atom. The summed E-state index contributed by atoms with van der Waals surface area (Å²) in [6, 6.07) is 8.56. The number of fused-ring (bicyclic) bond motifs is 1. The van der Waals surface area contributed by atoms with Crippen molar-refractivity contribution in [2.75, 3.05) is 31.6 Å². The van der Waals surface area contributed by atoms with Crippen molar-refractivity contribution in [2.45, 2.75) is 13.8 Å². The number of nitrogens with one attached hydrogen (secondary N) is 1. The van der Waals surface area contributed by atoms with E-state index >= 15 is 0 Å². The Bertz CT molecular complexity index is 1050. The molecule has 4 rings (SSSR count). The highest BCUT2D eigenvalue weighted by atomic mass is 35.5. The van der Waals surface area contributed by atoms with Crippen LogP contribution in [0.3, 0.4) is 0 Å². The van der Waals surface area contributed by atoms with E-state index in [4.69, 9.17) is 4.74 Å². The first kappa shape index (κ1) is 21.0. The molecular weight excluding hydrogens is 395 g/mol. The van der Waals surface area contributed by atoms with Gasteiger partial charge in [0.05, 0.1) is 24.5 Å². The summed E-state index contributed by atoms with van der Waals surface area (Å²) in [5.41, 5.74) is 3.71. The van der Waals surface area contributed by atoms with Crippen LogP contribution in [0.15, 0.2) is 36.5 Å². The standard InChI is InChI=1S/C21H21FN4O2.ClH/c1-13-11-15(4-6-18(13)22)25-19-16-5-3-14(2)24-20(16)23-12-17(19)21(27)26-7-9-28-10-8-26;/h3-6,11-12H,7-10H2,1-2H3,(H,23,24,25);1H. The van der Waals surface area contributed by atoms with Gasteiger partial charge in [-0.2, -0.15) is 0 Å². The molecule has 1 saturated heterocycles. The molecule has 29 heavy (non-hydrogen) atoms. The van der Waals surface area contributed by atoms with Crippen molar-refractivity contribution in [1.82, 2.24) is 14.9 Å². The van der Waals surface area contributed by atoms with Crippen molar-refractivity contribution >= 4 is 40.7 Å². The molecule has 1 aliphatic heterocycles. The van der Waals surface area contributed by atoms with Crippen molar-refractivity contribution in [3.63, 3.8) is 0 Å². The number of nitrogens with zero attached hydrogens (tertiary/aromatic N) is 3. The lowest BCUT2D eigenvalue weighted by Crippen LogP contribution is -2.41. The van der Waals surface area contributed by atoms with Crippen LogP contribution in [0.4, 0.5) is 15.8 Å². The average molecular weight is 417 g/mol. The summed E-state index contributed by atoms with van der Waals surface area (Å²) in [5, 5.41) is 4.04. The molecule has 6 nitrogen and oxygen atoms in total. The first-order valence-corrected chi connectivity index (χ1v) is 9.19. The van der Waals surface area contributed by atoms with E-state index < -0.39 is 0 Å². The fraction of sp³-hybridized carbons (Fsp3) is 0.286. The highest BCUT2D eigenvalue weighted by Crippen LogP contribution is 2.30. The second kappa shape index (κ2) is 8.71. The van der Waals surface area contributed by atoms with E-state index in [1.54, 1.807) is 30.2 Å². The normalized spacial score (nSPS) is 13.8. The van der Waals surface area contributed by atoms with Crippen LogP contribution in [0.25, 0.3) is 11.0 Å². The van der Waals surface area contributed by atoms with Gasteiger partial charge < -0.3 is 15.0 Å². The Labute approximate surface area is 174 Å². The van der Waals surface area contributed by atoms with Crippen LogP contribution in [0.5, 0.6) is 0 Å². The molecular formula is C21H22ClFN4O2. The van der Waals surface area contributed by atoms with Gasteiger partial charge >= 0.3 is 0 Å². The van der Waals surface area contributed by atoms with Crippen LogP contribution in [-0.2, 0) is 4.74 Å². The number of aromatic nitrogens is 2. The van der Waals surface area contributed by atoms with Crippen molar-refractivity contribution in [3.05, 3.63) is 59.2 Å². The summed E-state index contributed by atoms with van der Waals surface area (Å²) in [6.45, 7) is 5.72. The van der Waals surface area contributed by atoms with Gasteiger partial charge in [-0.15, -0.1) is 12.4 Å². The first-order valence-electron chi connectivity index (χ1n) is 9.19. The number of ether oxygens (including phenoxy) is 1. The van der Waals surface area contributed by atoms with Gasteiger partial charge in [-0.1, -0.05) is 0 Å². The number of hydrogen-bond donors (Lipinski definition) is 1. The first-order chi connectivity index (χ1) is 13.5. The number of hydrogen-bond acceptors (Lipinski definition) is 5. The molecule has 1 N–H and O–H groups in total. The molecule has 0 radical (unpaired) electrons. The number of anilines is 2. The van der Waals surface area contributed by atoms with Gasteiger partial charge in [-0.3, -0.25) is 4.79 Å². The number of carbonyl (C=O) groups excluding carboxylic acids is 1. The lowest BCUT2D eigenvalue weighted by Gasteiger charge is -2.27. The lowest BCUT2D eigenvalue weighted by atomic mass is 10.1. The average Bonchev–Trinajstić information content (AvgIpc) is 2.71. The Hall–Kier alpha value is -2.77. The molecule has 0 saturated carbocycles. The van der Waals surface area contributed by atoms with Crippen LogP contribution in [0, 0.1) is 19.7 Å². The fourth-order valence-electron chi connectivity index (χ4n) is 3.27. The topological polar surface area (TPSA) is 67.4 Å². The Morgan fingerprint density at radius 3 is 2.66 bits per heavy atom. The molecule has 0 atom stereocenters. The molecule has 1 aliphatic rings. The summed E-state index contributed by atoms with van der Waals surface area (Å²) < 4.78 is 19.0. The van der Waals surface area contributed by atoms with E-state index in [-0.39, 0.29) is 24.1 Å². The second-order valence-electron chi connectivity index (χ2n) is 6.86. The van der Waals surface area contributed by atoms with Crippen LogP contribution < -0.4 is 5.32 Å². The third kappa shape index (κ3) is 4.31. The fourth-order valence-corrected chi connectivity index (χ4v) is 3.27. The molecule has 0 bridgehead atoms. The van der Waals surface area contributed by atoms with Gasteiger partial charge in [0.25, 0.3) is 5.91 Å². The predicted molar refractivity (Wildman–Crippen MR) is 113 cm³/mol. The molecule has 0 unspecified atom stereocenters. The zero-order valence-corrected chi connectivity index (χ0v) is 17.1. The minimum atomic E-state index is -0.271. The largest absolute Gasteiger partial charge is 0.378 e. The summed E-state index contributed by atoms with van der Waals surface area (Å²) in [6.07, 6.45) is 1.56. The molecule has 1 aromatic carbocycles. The number of morpholine rings is 1. The molecule has 1 amide bonds. The minimum Gasteiger partial charge on any atom is -0.378 e. The van der Waals surface area contributed by atoms with E-state index in [9.17, 15) is 9.18 Å². The maximum absolute atomic E-state index is 13.7. The maximum atomic E-state index is 13.7. The molecule has 3 aromatic rings. The van der Waals surface area contributed by atoms with Crippen molar-refractivity contribution < 1.29 is 13.9 Å². The highest BCUT2D eigenvalue weighted by Gasteiger charge is 2.23. The van der Waals surface area contributed by atoms with Gasteiger partial charge in [0.1, 0.15) is 5.82 Å². The number of carbonyl (C=O) groups is 1. The van der Waals surface area contributed by atoms with Crippen LogP contribution in [0.1, 0.15) is 21.6 Å². The zero-order chi connectivity index (χ0) is 19.7. The minimum absolute atomic E-state index is 0. The van der Waals surface area contributed by atoms with Crippen LogP contribution in [0.2, 0.25) is 0 Å². The highest BCUT2D eigenvalue weighted by molar-refractivity contribution is 6.07.